The number of hydrogen-bond donors (Lipinski definition) is 2. The molecule has 0 saturated carbocycles. The molecule has 0 saturated heterocycles. The van der Waals surface area contributed by atoms with Crippen molar-refractivity contribution in [3.05, 3.63) is 166 Å². The highest BCUT2D eigenvalue weighted by Crippen LogP contribution is 2.33. The van der Waals surface area contributed by atoms with Gasteiger partial charge >= 0.3 is 0 Å². The Kier molecular flexibility index (Phi) is 13.3. The van der Waals surface area contributed by atoms with Crippen LogP contribution in [0.3, 0.4) is 0 Å². The molecule has 5 rings (SSSR count). The summed E-state index contributed by atoms with van der Waals surface area (Å²) >= 11 is 0. The fourth-order valence-corrected chi connectivity index (χ4v) is 7.04. The SMILES string of the molecule is CCCCCCC(c1ccc(N)cc1)c1ccc(Cc2ccc(Cc3ccc(C(CCCCCC)c4ccc(N)cc4)cc3)cc2)cc1. The molecule has 250 valence electrons. The van der Waals surface area contributed by atoms with Gasteiger partial charge in [-0.15, -0.1) is 0 Å². The molecule has 0 aliphatic carbocycles. The lowest BCUT2D eigenvalue weighted by atomic mass is 9.86. The normalized spacial score (nSPS) is 12.5. The summed E-state index contributed by atoms with van der Waals surface area (Å²) in [6.07, 6.45) is 14.5. The number of benzene rings is 5. The first-order valence-electron chi connectivity index (χ1n) is 18.5. The van der Waals surface area contributed by atoms with Gasteiger partial charge in [0.2, 0.25) is 0 Å². The minimum absolute atomic E-state index is 0.416. The highest BCUT2D eigenvalue weighted by molar-refractivity contribution is 5.45. The van der Waals surface area contributed by atoms with Crippen molar-refractivity contribution in [1.82, 2.24) is 0 Å². The van der Waals surface area contributed by atoms with Crippen LogP contribution in [0, 0.1) is 0 Å². The van der Waals surface area contributed by atoms with Gasteiger partial charge in [-0.25, -0.2) is 0 Å². The minimum atomic E-state index is 0.416. The fourth-order valence-electron chi connectivity index (χ4n) is 7.04. The first-order chi connectivity index (χ1) is 23.5. The molecule has 2 nitrogen and oxygen atoms in total. The smallest absolute Gasteiger partial charge is 0.0314 e. The molecule has 0 bridgehead atoms. The Bertz CT molecular complexity index is 1490. The molecular formula is C46H56N2. The zero-order chi connectivity index (χ0) is 33.6. The van der Waals surface area contributed by atoms with Gasteiger partial charge in [0.15, 0.2) is 0 Å². The predicted molar refractivity (Wildman–Crippen MR) is 208 cm³/mol. The number of anilines is 2. The standard InChI is InChI=1S/C46H56N2/c1-3-5-7-9-11-45(41-25-29-43(47)30-26-41)39-21-17-37(18-22-39)33-35-13-15-36(16-14-35)34-38-19-23-40(24-20-38)46(12-10-8-6-4-2)42-27-31-44(48)32-28-42/h13-32,45-46H,3-12,33-34,47-48H2,1-2H3. The monoisotopic (exact) mass is 636 g/mol. The number of unbranched alkanes of at least 4 members (excludes halogenated alkanes) is 6. The van der Waals surface area contributed by atoms with E-state index in [1.54, 1.807) is 0 Å². The van der Waals surface area contributed by atoms with Crippen molar-refractivity contribution in [2.45, 2.75) is 103 Å². The van der Waals surface area contributed by atoms with Crippen molar-refractivity contribution < 1.29 is 0 Å². The summed E-state index contributed by atoms with van der Waals surface area (Å²) in [5.41, 5.74) is 24.6. The molecule has 5 aromatic carbocycles. The van der Waals surface area contributed by atoms with E-state index in [2.05, 4.69) is 111 Å². The van der Waals surface area contributed by atoms with E-state index in [-0.39, 0.29) is 0 Å². The lowest BCUT2D eigenvalue weighted by Gasteiger charge is -2.19. The van der Waals surface area contributed by atoms with Crippen LogP contribution >= 0.6 is 0 Å². The minimum Gasteiger partial charge on any atom is -0.399 e. The average Bonchev–Trinajstić information content (AvgIpc) is 3.11. The summed E-state index contributed by atoms with van der Waals surface area (Å²) in [5.74, 6) is 0.832. The third-order valence-corrected chi connectivity index (χ3v) is 9.97. The molecule has 0 fully saturated rings. The fraction of sp³-hybridized carbons (Fsp3) is 0.348. The van der Waals surface area contributed by atoms with E-state index in [1.165, 1.54) is 109 Å². The quantitative estimate of drug-likeness (QED) is 0.0742. The zero-order valence-corrected chi connectivity index (χ0v) is 29.3. The Morgan fingerprint density at radius 3 is 0.917 bits per heavy atom. The van der Waals surface area contributed by atoms with Gasteiger partial charge in [0.25, 0.3) is 0 Å². The van der Waals surface area contributed by atoms with Gasteiger partial charge in [-0.1, -0.05) is 162 Å². The van der Waals surface area contributed by atoms with E-state index < -0.39 is 0 Å². The van der Waals surface area contributed by atoms with Crippen molar-refractivity contribution in [2.75, 3.05) is 11.5 Å². The second-order valence-corrected chi connectivity index (χ2v) is 13.8. The van der Waals surface area contributed by atoms with Crippen LogP contribution in [0.25, 0.3) is 0 Å². The second-order valence-electron chi connectivity index (χ2n) is 13.8. The first-order valence-corrected chi connectivity index (χ1v) is 18.5. The van der Waals surface area contributed by atoms with Crippen LogP contribution in [0.1, 0.15) is 134 Å². The van der Waals surface area contributed by atoms with Crippen molar-refractivity contribution in [3.8, 4) is 0 Å². The van der Waals surface area contributed by atoms with Gasteiger partial charge in [0.05, 0.1) is 0 Å². The van der Waals surface area contributed by atoms with Crippen LogP contribution in [-0.2, 0) is 12.8 Å². The Morgan fingerprint density at radius 2 is 0.625 bits per heavy atom. The molecule has 0 heterocycles. The summed E-state index contributed by atoms with van der Waals surface area (Å²) in [6.45, 7) is 4.55. The van der Waals surface area contributed by atoms with Gasteiger partial charge in [-0.3, -0.25) is 0 Å². The highest BCUT2D eigenvalue weighted by atomic mass is 14.5. The molecule has 0 aliphatic heterocycles. The molecule has 0 aromatic heterocycles. The Balaban J connectivity index is 1.19. The molecule has 4 N–H and O–H groups in total. The van der Waals surface area contributed by atoms with Crippen LogP contribution in [-0.4, -0.2) is 0 Å². The maximum atomic E-state index is 6.00. The summed E-state index contributed by atoms with van der Waals surface area (Å²) in [6, 6.07) is 44.8. The average molecular weight is 637 g/mol. The summed E-state index contributed by atoms with van der Waals surface area (Å²) < 4.78 is 0. The third kappa shape index (κ3) is 10.3. The van der Waals surface area contributed by atoms with E-state index in [9.17, 15) is 0 Å². The van der Waals surface area contributed by atoms with E-state index in [0.717, 1.165) is 24.2 Å². The van der Waals surface area contributed by atoms with Crippen LogP contribution in [0.15, 0.2) is 121 Å². The van der Waals surface area contributed by atoms with Crippen molar-refractivity contribution >= 4 is 11.4 Å². The molecule has 0 amide bonds. The molecule has 0 radical (unpaired) electrons. The van der Waals surface area contributed by atoms with Crippen LogP contribution in [0.5, 0.6) is 0 Å². The van der Waals surface area contributed by atoms with Gasteiger partial charge in [-0.2, -0.15) is 0 Å². The summed E-state index contributed by atoms with van der Waals surface area (Å²) in [4.78, 5) is 0. The zero-order valence-electron chi connectivity index (χ0n) is 29.3. The second kappa shape index (κ2) is 18.3. The molecule has 0 aliphatic rings. The summed E-state index contributed by atoms with van der Waals surface area (Å²) in [5, 5.41) is 0. The van der Waals surface area contributed by atoms with Crippen molar-refractivity contribution in [3.63, 3.8) is 0 Å². The number of rotatable bonds is 18. The molecule has 48 heavy (non-hydrogen) atoms. The molecule has 2 unspecified atom stereocenters. The van der Waals surface area contributed by atoms with Gasteiger partial charge < -0.3 is 11.5 Å². The largest absolute Gasteiger partial charge is 0.399 e. The molecule has 5 aromatic rings. The lowest BCUT2D eigenvalue weighted by Crippen LogP contribution is -2.03. The van der Waals surface area contributed by atoms with E-state index in [1.807, 2.05) is 24.3 Å². The van der Waals surface area contributed by atoms with Crippen LogP contribution in [0.4, 0.5) is 11.4 Å². The van der Waals surface area contributed by atoms with Gasteiger partial charge in [0.1, 0.15) is 0 Å². The Labute approximate surface area is 290 Å². The molecule has 2 heteroatoms. The van der Waals surface area contributed by atoms with Gasteiger partial charge in [-0.05, 0) is 94.5 Å². The summed E-state index contributed by atoms with van der Waals surface area (Å²) in [7, 11) is 0. The molecule has 0 spiro atoms. The highest BCUT2D eigenvalue weighted by Gasteiger charge is 2.16. The Hall–Kier alpha value is -4.30. The van der Waals surface area contributed by atoms with E-state index in [0.29, 0.717) is 11.8 Å². The Morgan fingerprint density at radius 1 is 0.354 bits per heavy atom. The van der Waals surface area contributed by atoms with E-state index >= 15 is 0 Å². The number of hydrogen-bond acceptors (Lipinski definition) is 2. The number of nitrogens with two attached hydrogens (primary N) is 2. The maximum absolute atomic E-state index is 6.00. The topological polar surface area (TPSA) is 52.0 Å². The van der Waals surface area contributed by atoms with E-state index in [4.69, 9.17) is 11.5 Å². The lowest BCUT2D eigenvalue weighted by molar-refractivity contribution is 0.596. The maximum Gasteiger partial charge on any atom is 0.0314 e. The van der Waals surface area contributed by atoms with Gasteiger partial charge in [0, 0.05) is 23.2 Å². The first kappa shape index (κ1) is 35.0. The predicted octanol–water partition coefficient (Wildman–Crippen LogP) is 12.2. The van der Waals surface area contributed by atoms with Crippen molar-refractivity contribution in [1.29, 1.82) is 0 Å². The number of nitrogen functional groups attached to an aromatic ring is 2. The van der Waals surface area contributed by atoms with Crippen molar-refractivity contribution in [2.24, 2.45) is 0 Å². The van der Waals surface area contributed by atoms with Crippen LogP contribution < -0.4 is 11.5 Å². The van der Waals surface area contributed by atoms with Crippen LogP contribution in [0.2, 0.25) is 0 Å². The molecule has 2 atom stereocenters. The molecular weight excluding hydrogens is 581 g/mol. The third-order valence-electron chi connectivity index (χ3n) is 9.97.